The molecule has 4 heteroatoms. The van der Waals surface area contributed by atoms with Crippen molar-refractivity contribution in [2.45, 2.75) is 145 Å². The molecule has 1 aromatic rings. The van der Waals surface area contributed by atoms with Crippen molar-refractivity contribution in [3.8, 4) is 0 Å². The van der Waals surface area contributed by atoms with Crippen molar-refractivity contribution in [1.82, 2.24) is 0 Å². The van der Waals surface area contributed by atoms with Gasteiger partial charge in [-0.15, -0.1) is 0 Å². The molecule has 0 heterocycles. The molecular weight excluding hydrogens is 548 g/mol. The fourth-order valence-corrected chi connectivity index (χ4v) is 14.1. The Labute approximate surface area is 261 Å². The van der Waals surface area contributed by atoms with Crippen molar-refractivity contribution in [2.24, 2.45) is 41.4 Å². The highest BCUT2D eigenvalue weighted by Crippen LogP contribution is 2.66. The molecule has 6 bridgehead atoms. The lowest BCUT2D eigenvalue weighted by atomic mass is 9.47. The highest BCUT2D eigenvalue weighted by molar-refractivity contribution is 7.86. The number of fused-ring (bicyclic) bond motifs is 1. The quantitative estimate of drug-likeness (QED) is 0.260. The van der Waals surface area contributed by atoms with Gasteiger partial charge in [-0.1, -0.05) is 63.1 Å². The summed E-state index contributed by atoms with van der Waals surface area (Å²) in [5.41, 5.74) is 6.31. The van der Waals surface area contributed by atoms with E-state index in [9.17, 15) is 13.0 Å². The zero-order chi connectivity index (χ0) is 29.9. The average Bonchev–Trinajstić information content (AvgIpc) is 3.04. The number of hydrogen-bond acceptors (Lipinski definition) is 2. The molecule has 6 atom stereocenters. The van der Waals surface area contributed by atoms with Gasteiger partial charge in [0.05, 0.1) is 0 Å². The molecule has 0 amide bonds. The van der Waals surface area contributed by atoms with Crippen molar-refractivity contribution < 1.29 is 13.0 Å². The molecule has 3 nitrogen and oxygen atoms in total. The molecule has 0 aromatic heterocycles. The Balaban J connectivity index is 1.39. The molecule has 8 aliphatic rings. The van der Waals surface area contributed by atoms with Crippen LogP contribution in [-0.4, -0.2) is 13.0 Å². The Morgan fingerprint density at radius 2 is 1.51 bits per heavy atom. The predicted octanol–water partition coefficient (Wildman–Crippen LogP) is 9.84. The van der Waals surface area contributed by atoms with Crippen LogP contribution in [0, 0.1) is 41.4 Å². The Kier molecular flexibility index (Phi) is 6.62. The van der Waals surface area contributed by atoms with Gasteiger partial charge in [0.15, 0.2) is 0 Å². The highest BCUT2D eigenvalue weighted by Gasteiger charge is 2.57. The predicted molar refractivity (Wildman–Crippen MR) is 174 cm³/mol. The summed E-state index contributed by atoms with van der Waals surface area (Å²) in [5, 5.41) is 0. The van der Waals surface area contributed by atoms with Crippen LogP contribution in [0.5, 0.6) is 0 Å². The van der Waals surface area contributed by atoms with Crippen LogP contribution in [0.3, 0.4) is 0 Å². The Bertz CT molecular complexity index is 1460. The van der Waals surface area contributed by atoms with Gasteiger partial charge in [-0.3, -0.25) is 4.55 Å². The Morgan fingerprint density at radius 3 is 2.14 bits per heavy atom. The summed E-state index contributed by atoms with van der Waals surface area (Å²) in [6, 6.07) is 4.82. The van der Waals surface area contributed by atoms with E-state index in [0.29, 0.717) is 28.6 Å². The smallest absolute Gasteiger partial charge is 0.282 e. The number of rotatable bonds is 6. The lowest BCUT2D eigenvalue weighted by molar-refractivity contribution is -0.00538. The minimum atomic E-state index is -4.43. The van der Waals surface area contributed by atoms with Crippen molar-refractivity contribution in [3.05, 3.63) is 52.1 Å². The zero-order valence-electron chi connectivity index (χ0n) is 27.1. The monoisotopic (exact) mass is 602 g/mol. The van der Waals surface area contributed by atoms with Gasteiger partial charge >= 0.3 is 0 Å². The molecule has 0 aliphatic heterocycles. The van der Waals surface area contributed by atoms with Crippen molar-refractivity contribution in [2.75, 3.05) is 0 Å². The fraction of sp³-hybridized carbons (Fsp3) is 0.744. The summed E-state index contributed by atoms with van der Waals surface area (Å²) in [7, 11) is -4.43. The molecule has 1 aromatic carbocycles. The Hall–Kier alpha value is -1.39. The second-order valence-corrected chi connectivity index (χ2v) is 18.6. The van der Waals surface area contributed by atoms with Crippen LogP contribution < -0.4 is 0 Å². The van der Waals surface area contributed by atoms with E-state index < -0.39 is 10.1 Å². The third kappa shape index (κ3) is 4.45. The second kappa shape index (κ2) is 9.81. The van der Waals surface area contributed by atoms with Crippen LogP contribution >= 0.6 is 0 Å². The molecule has 1 N–H and O–H groups in total. The van der Waals surface area contributed by atoms with Gasteiger partial charge in [-0.2, -0.15) is 8.42 Å². The van der Waals surface area contributed by atoms with Crippen LogP contribution in [-0.2, 0) is 26.4 Å². The van der Waals surface area contributed by atoms with E-state index in [1.807, 2.05) is 0 Å². The van der Waals surface area contributed by atoms with Gasteiger partial charge in [-0.05, 0) is 165 Å². The molecule has 9 rings (SSSR count). The molecule has 6 unspecified atom stereocenters. The summed E-state index contributed by atoms with van der Waals surface area (Å²) in [4.78, 5) is 0.338. The maximum absolute atomic E-state index is 13.9. The van der Waals surface area contributed by atoms with Gasteiger partial charge in [0.1, 0.15) is 4.90 Å². The van der Waals surface area contributed by atoms with Gasteiger partial charge in [0.2, 0.25) is 0 Å². The molecule has 6 fully saturated rings. The van der Waals surface area contributed by atoms with Gasteiger partial charge in [0, 0.05) is 5.41 Å². The van der Waals surface area contributed by atoms with Crippen LogP contribution in [0.15, 0.2) is 40.3 Å². The molecule has 43 heavy (non-hydrogen) atoms. The molecule has 0 radical (unpaired) electrons. The topological polar surface area (TPSA) is 54.4 Å². The molecular formula is C39H54O3S. The summed E-state index contributed by atoms with van der Waals surface area (Å²) in [6.45, 7) is 9.22. The number of hydrogen-bond donors (Lipinski definition) is 1. The van der Waals surface area contributed by atoms with E-state index >= 15 is 0 Å². The van der Waals surface area contributed by atoms with Crippen LogP contribution in [0.25, 0.3) is 0 Å². The molecule has 6 saturated carbocycles. The van der Waals surface area contributed by atoms with E-state index in [-0.39, 0.29) is 16.2 Å². The minimum absolute atomic E-state index is 0.169. The van der Waals surface area contributed by atoms with E-state index in [0.717, 1.165) is 80.2 Å². The fourth-order valence-electron chi connectivity index (χ4n) is 13.0. The number of benzene rings is 1. The van der Waals surface area contributed by atoms with Crippen molar-refractivity contribution in [3.63, 3.8) is 0 Å². The summed E-state index contributed by atoms with van der Waals surface area (Å²) >= 11 is 0. The third-order valence-electron chi connectivity index (χ3n) is 14.5. The molecule has 8 aliphatic carbocycles. The molecule has 234 valence electrons. The van der Waals surface area contributed by atoms with E-state index in [2.05, 4.69) is 52.0 Å². The first-order chi connectivity index (χ1) is 20.4. The second-order valence-electron chi connectivity index (χ2n) is 17.3. The first kappa shape index (κ1) is 29.0. The first-order valence-electron chi connectivity index (χ1n) is 18.0. The normalized spacial score (nSPS) is 44.8. The first-order valence-corrected chi connectivity index (χ1v) is 19.5. The van der Waals surface area contributed by atoms with E-state index in [4.69, 9.17) is 0 Å². The van der Waals surface area contributed by atoms with Crippen molar-refractivity contribution in [1.29, 1.82) is 0 Å². The van der Waals surface area contributed by atoms with E-state index in [1.54, 1.807) is 5.57 Å². The minimum Gasteiger partial charge on any atom is -0.282 e. The van der Waals surface area contributed by atoms with Crippen molar-refractivity contribution >= 4 is 10.1 Å². The highest BCUT2D eigenvalue weighted by atomic mass is 32.2. The van der Waals surface area contributed by atoms with E-state index in [1.165, 1.54) is 56.1 Å². The van der Waals surface area contributed by atoms with Crippen LogP contribution in [0.2, 0.25) is 0 Å². The van der Waals surface area contributed by atoms with Gasteiger partial charge in [0.25, 0.3) is 10.1 Å². The largest absolute Gasteiger partial charge is 0.295 e. The lowest BCUT2D eigenvalue weighted by Gasteiger charge is -2.57. The molecule has 0 saturated heterocycles. The Morgan fingerprint density at radius 1 is 0.837 bits per heavy atom. The van der Waals surface area contributed by atoms with Gasteiger partial charge < -0.3 is 0 Å². The maximum Gasteiger partial charge on any atom is 0.295 e. The average molecular weight is 603 g/mol. The van der Waals surface area contributed by atoms with Crippen LogP contribution in [0.1, 0.15) is 141 Å². The third-order valence-corrected chi connectivity index (χ3v) is 15.4. The van der Waals surface area contributed by atoms with Crippen LogP contribution in [0.4, 0.5) is 0 Å². The maximum atomic E-state index is 13.9. The summed E-state index contributed by atoms with van der Waals surface area (Å²) in [5.74, 6) is 4.72. The summed E-state index contributed by atoms with van der Waals surface area (Å²) in [6.07, 6.45) is 22.3. The summed E-state index contributed by atoms with van der Waals surface area (Å²) < 4.78 is 39.2. The van der Waals surface area contributed by atoms with Gasteiger partial charge in [-0.25, -0.2) is 0 Å². The zero-order valence-corrected chi connectivity index (χ0v) is 27.9. The SMILES string of the molecule is CCC1=CC(C)CCC(CC)(c2cc(C34CC5CC(CC(C5)C3)C4)cc(C34CC(C)C=C5CC(C3)C5C4)c2S(=O)(=O)O)C1. The standard InChI is InChI=1S/C39H54O3S/c1-5-26-9-24(3)7-8-37(6-2,18-26)34-15-32(38-19-27-11-28(20-38)13-29(12-27)21-38)16-35(36(34)43(40,41)42)39-17-25(4)10-30-14-31(22-39)33(30)23-39/h9-10,15-16,24-25,27-29,31,33H,5-8,11-14,17-23H2,1-4H3,(H,40,41,42). The lowest BCUT2D eigenvalue weighted by Crippen LogP contribution is -2.49. The molecule has 0 spiro atoms. The number of allylic oxidation sites excluding steroid dienone is 4.